The van der Waals surface area contributed by atoms with Gasteiger partial charge in [-0.2, -0.15) is 8.42 Å². The van der Waals surface area contributed by atoms with Gasteiger partial charge in [0.05, 0.1) is 18.1 Å². The van der Waals surface area contributed by atoms with Crippen LogP contribution in [0.25, 0.3) is 0 Å². The van der Waals surface area contributed by atoms with Crippen molar-refractivity contribution in [1.82, 2.24) is 0 Å². The zero-order valence-corrected chi connectivity index (χ0v) is 20.7. The zero-order chi connectivity index (χ0) is 24.6. The van der Waals surface area contributed by atoms with E-state index in [1.807, 2.05) is 25.1 Å². The lowest BCUT2D eigenvalue weighted by Crippen LogP contribution is -2.31. The van der Waals surface area contributed by atoms with Crippen molar-refractivity contribution in [2.24, 2.45) is 0 Å². The molecule has 0 aromatic heterocycles. The van der Waals surface area contributed by atoms with Crippen LogP contribution in [0.2, 0.25) is 0 Å². The lowest BCUT2D eigenvalue weighted by Gasteiger charge is -2.36. The number of ether oxygens (including phenoxy) is 1. The highest BCUT2D eigenvalue weighted by Gasteiger charge is 2.35. The quantitative estimate of drug-likeness (QED) is 0.145. The van der Waals surface area contributed by atoms with Gasteiger partial charge in [-0.05, 0) is 42.2 Å². The second-order valence-corrected chi connectivity index (χ2v) is 10.1. The molecule has 4 aromatic carbocycles. The van der Waals surface area contributed by atoms with Crippen molar-refractivity contribution in [3.05, 3.63) is 138 Å². The van der Waals surface area contributed by atoms with Crippen LogP contribution in [0, 0.1) is 6.92 Å². The maximum absolute atomic E-state index is 12.4. The summed E-state index contributed by atoms with van der Waals surface area (Å²) in [4.78, 5) is 0.152. The molecule has 4 rings (SSSR count). The first-order valence-electron chi connectivity index (χ1n) is 11.7. The summed E-state index contributed by atoms with van der Waals surface area (Å²) in [5, 5.41) is 0. The minimum Gasteiger partial charge on any atom is -0.379 e. The van der Waals surface area contributed by atoms with Crippen molar-refractivity contribution in [2.75, 3.05) is 19.8 Å². The SMILES string of the molecule is Cc1ccc(S(=O)(=O)OCCOCCC(c2ccccc2)(c2ccccc2)c2ccccc2)cc1. The van der Waals surface area contributed by atoms with E-state index in [4.69, 9.17) is 8.92 Å². The first-order chi connectivity index (χ1) is 17.0. The molecule has 0 radical (unpaired) electrons. The van der Waals surface area contributed by atoms with Gasteiger partial charge in [0.2, 0.25) is 0 Å². The molecule has 35 heavy (non-hydrogen) atoms. The van der Waals surface area contributed by atoms with E-state index < -0.39 is 15.5 Å². The average molecular weight is 487 g/mol. The second kappa shape index (κ2) is 11.5. The molecular weight excluding hydrogens is 456 g/mol. The summed E-state index contributed by atoms with van der Waals surface area (Å²) in [7, 11) is -3.80. The van der Waals surface area contributed by atoms with Gasteiger partial charge in [-0.1, -0.05) is 109 Å². The van der Waals surface area contributed by atoms with Crippen LogP contribution in [0.3, 0.4) is 0 Å². The molecular formula is C30H30O4S. The largest absolute Gasteiger partial charge is 0.379 e. The molecule has 0 atom stereocenters. The van der Waals surface area contributed by atoms with Crippen LogP contribution in [0.15, 0.2) is 120 Å². The minimum absolute atomic E-state index is 0.0365. The minimum atomic E-state index is -3.80. The van der Waals surface area contributed by atoms with Crippen molar-refractivity contribution in [2.45, 2.75) is 23.7 Å². The van der Waals surface area contributed by atoms with E-state index in [9.17, 15) is 8.42 Å². The fourth-order valence-corrected chi connectivity index (χ4v) is 5.30. The van der Waals surface area contributed by atoms with Crippen LogP contribution in [0.1, 0.15) is 28.7 Å². The number of rotatable bonds is 11. The van der Waals surface area contributed by atoms with E-state index in [0.29, 0.717) is 13.0 Å². The molecule has 0 aliphatic carbocycles. The first kappa shape index (κ1) is 24.9. The van der Waals surface area contributed by atoms with Crippen molar-refractivity contribution in [3.63, 3.8) is 0 Å². The third-order valence-electron chi connectivity index (χ3n) is 6.20. The predicted octanol–water partition coefficient (Wildman–Crippen LogP) is 6.14. The number of benzene rings is 4. The van der Waals surface area contributed by atoms with Gasteiger partial charge in [0.1, 0.15) is 0 Å². The van der Waals surface area contributed by atoms with Gasteiger partial charge in [0, 0.05) is 12.0 Å². The van der Waals surface area contributed by atoms with E-state index in [0.717, 1.165) is 5.56 Å². The number of hydrogen-bond acceptors (Lipinski definition) is 4. The Morgan fingerprint density at radius 3 is 1.51 bits per heavy atom. The molecule has 180 valence electrons. The molecule has 0 bridgehead atoms. The summed E-state index contributed by atoms with van der Waals surface area (Å²) < 4.78 is 35.9. The molecule has 0 amide bonds. The molecule has 0 N–H and O–H groups in total. The fourth-order valence-electron chi connectivity index (χ4n) is 4.40. The molecule has 0 aliphatic heterocycles. The van der Waals surface area contributed by atoms with Gasteiger partial charge in [-0.15, -0.1) is 0 Å². The highest BCUT2D eigenvalue weighted by molar-refractivity contribution is 7.86. The Morgan fingerprint density at radius 2 is 1.06 bits per heavy atom. The molecule has 0 spiro atoms. The van der Waals surface area contributed by atoms with Gasteiger partial charge in [-0.25, -0.2) is 0 Å². The summed E-state index contributed by atoms with van der Waals surface area (Å²) in [5.41, 5.74) is 4.13. The fraction of sp³-hybridized carbons (Fsp3) is 0.200. The molecule has 4 nitrogen and oxygen atoms in total. The molecule has 0 saturated carbocycles. The van der Waals surface area contributed by atoms with Gasteiger partial charge in [0.15, 0.2) is 0 Å². The Balaban J connectivity index is 1.48. The summed E-state index contributed by atoms with van der Waals surface area (Å²) in [5.74, 6) is 0. The van der Waals surface area contributed by atoms with E-state index in [-0.39, 0.29) is 18.1 Å². The topological polar surface area (TPSA) is 52.6 Å². The number of aryl methyl sites for hydroxylation is 1. The van der Waals surface area contributed by atoms with Crippen molar-refractivity contribution in [1.29, 1.82) is 0 Å². The van der Waals surface area contributed by atoms with Crippen LogP contribution in [-0.4, -0.2) is 28.2 Å². The van der Waals surface area contributed by atoms with Crippen LogP contribution in [0.4, 0.5) is 0 Å². The van der Waals surface area contributed by atoms with Gasteiger partial charge >= 0.3 is 0 Å². The van der Waals surface area contributed by atoms with Gasteiger partial charge in [-0.3, -0.25) is 4.18 Å². The van der Waals surface area contributed by atoms with Crippen molar-refractivity contribution in [3.8, 4) is 0 Å². The molecule has 0 aliphatic rings. The first-order valence-corrected chi connectivity index (χ1v) is 13.1. The summed E-state index contributed by atoms with van der Waals surface area (Å²) in [6.07, 6.45) is 0.690. The monoisotopic (exact) mass is 486 g/mol. The third kappa shape index (κ3) is 5.88. The summed E-state index contributed by atoms with van der Waals surface area (Å²) >= 11 is 0. The Labute approximate surface area is 208 Å². The molecule has 0 heterocycles. The maximum atomic E-state index is 12.4. The van der Waals surface area contributed by atoms with E-state index in [1.165, 1.54) is 16.7 Å². The summed E-state index contributed by atoms with van der Waals surface area (Å²) in [6, 6.07) is 37.9. The molecule has 4 aromatic rings. The Hall–Kier alpha value is -3.25. The molecule has 5 heteroatoms. The average Bonchev–Trinajstić information content (AvgIpc) is 2.90. The Bertz CT molecular complexity index is 1190. The van der Waals surface area contributed by atoms with Gasteiger partial charge in [0.25, 0.3) is 10.1 Å². The van der Waals surface area contributed by atoms with Gasteiger partial charge < -0.3 is 4.74 Å². The Kier molecular flexibility index (Phi) is 8.13. The Morgan fingerprint density at radius 1 is 0.600 bits per heavy atom. The van der Waals surface area contributed by atoms with Crippen LogP contribution >= 0.6 is 0 Å². The van der Waals surface area contributed by atoms with Crippen LogP contribution < -0.4 is 0 Å². The lowest BCUT2D eigenvalue weighted by molar-refractivity contribution is 0.0937. The molecule has 0 fully saturated rings. The van der Waals surface area contributed by atoms with E-state index >= 15 is 0 Å². The zero-order valence-electron chi connectivity index (χ0n) is 19.8. The third-order valence-corrected chi connectivity index (χ3v) is 7.52. The van der Waals surface area contributed by atoms with Crippen LogP contribution in [-0.2, 0) is 24.5 Å². The normalized spacial score (nSPS) is 11.9. The highest BCUT2D eigenvalue weighted by Crippen LogP contribution is 2.42. The highest BCUT2D eigenvalue weighted by atomic mass is 32.2. The van der Waals surface area contributed by atoms with E-state index in [1.54, 1.807) is 24.3 Å². The predicted molar refractivity (Wildman–Crippen MR) is 139 cm³/mol. The lowest BCUT2D eigenvalue weighted by atomic mass is 9.67. The van der Waals surface area contributed by atoms with E-state index in [2.05, 4.69) is 72.8 Å². The number of hydrogen-bond donors (Lipinski definition) is 0. The smallest absolute Gasteiger partial charge is 0.297 e. The maximum Gasteiger partial charge on any atom is 0.297 e. The van der Waals surface area contributed by atoms with Crippen molar-refractivity contribution < 1.29 is 17.3 Å². The summed E-state index contributed by atoms with van der Waals surface area (Å²) in [6.45, 7) is 2.49. The van der Waals surface area contributed by atoms with Crippen LogP contribution in [0.5, 0.6) is 0 Å². The van der Waals surface area contributed by atoms with Crippen molar-refractivity contribution >= 4 is 10.1 Å². The second-order valence-electron chi connectivity index (χ2n) is 8.45. The molecule has 0 unspecified atom stereocenters. The standard InChI is InChI=1S/C30H30O4S/c1-25-17-19-29(20-18-25)35(31,32)34-24-23-33-22-21-30(26-11-5-2-6-12-26,27-13-7-3-8-14-27)28-15-9-4-10-16-28/h2-20H,21-24H2,1H3. The molecule has 0 saturated heterocycles.